The van der Waals surface area contributed by atoms with Crippen LogP contribution in [0.25, 0.3) is 0 Å². The van der Waals surface area contributed by atoms with Crippen molar-refractivity contribution in [3.63, 3.8) is 0 Å². The maximum absolute atomic E-state index is 11.9. The molecule has 3 heterocycles. The van der Waals surface area contributed by atoms with Gasteiger partial charge in [-0.15, -0.1) is 24.0 Å². The molecule has 0 saturated carbocycles. The molecule has 0 radical (unpaired) electrons. The number of carbonyl (C=O) groups excluding carboxylic acids is 1. The summed E-state index contributed by atoms with van der Waals surface area (Å²) in [6, 6.07) is 3.72. The molecular formula is C19H29IN6O2. The summed E-state index contributed by atoms with van der Waals surface area (Å²) in [4.78, 5) is 23.1. The Kier molecular flexibility index (Phi) is 8.81. The number of imidazole rings is 1. The fraction of sp³-hybridized carbons (Fsp3) is 0.526. The van der Waals surface area contributed by atoms with Gasteiger partial charge in [0.25, 0.3) is 5.91 Å². The lowest BCUT2D eigenvalue weighted by Gasteiger charge is -2.39. The molecule has 3 rings (SSSR count). The third-order valence-corrected chi connectivity index (χ3v) is 4.86. The second-order valence-electron chi connectivity index (χ2n) is 6.76. The number of halogens is 1. The molecule has 2 aromatic heterocycles. The molecule has 1 aliphatic rings. The van der Waals surface area contributed by atoms with Crippen LogP contribution >= 0.6 is 24.0 Å². The van der Waals surface area contributed by atoms with Crippen molar-refractivity contribution in [3.05, 3.63) is 42.9 Å². The number of hydrogen-bond donors (Lipinski definition) is 2. The van der Waals surface area contributed by atoms with Crippen molar-refractivity contribution in [3.8, 4) is 0 Å². The number of aliphatic imine (C=N–C) groups is 1. The summed E-state index contributed by atoms with van der Waals surface area (Å²) < 4.78 is 7.27. The number of aromatic nitrogens is 2. The predicted octanol–water partition coefficient (Wildman–Crippen LogP) is 2.37. The highest BCUT2D eigenvalue weighted by Crippen LogP contribution is 2.27. The molecule has 0 aliphatic carbocycles. The van der Waals surface area contributed by atoms with Crippen molar-refractivity contribution in [2.24, 2.45) is 10.9 Å². The van der Waals surface area contributed by atoms with Gasteiger partial charge in [-0.2, -0.15) is 0 Å². The van der Waals surface area contributed by atoms with Crippen molar-refractivity contribution in [2.45, 2.75) is 26.3 Å². The van der Waals surface area contributed by atoms with Gasteiger partial charge in [0.15, 0.2) is 11.7 Å². The zero-order valence-corrected chi connectivity index (χ0v) is 18.7. The zero-order chi connectivity index (χ0) is 19.1. The summed E-state index contributed by atoms with van der Waals surface area (Å²) in [6.07, 6.45) is 8.33. The fourth-order valence-corrected chi connectivity index (χ4v) is 3.35. The first-order chi connectivity index (χ1) is 13.2. The molecule has 2 N–H and O–H groups in total. The van der Waals surface area contributed by atoms with Gasteiger partial charge in [0.1, 0.15) is 0 Å². The van der Waals surface area contributed by atoms with Crippen LogP contribution in [0.1, 0.15) is 36.9 Å². The number of piperidine rings is 1. The van der Waals surface area contributed by atoms with Crippen molar-refractivity contribution in [1.29, 1.82) is 0 Å². The van der Waals surface area contributed by atoms with E-state index in [-0.39, 0.29) is 29.9 Å². The third kappa shape index (κ3) is 5.73. The number of guanidine groups is 1. The molecule has 2 aromatic rings. The van der Waals surface area contributed by atoms with Gasteiger partial charge in [-0.25, -0.2) is 4.98 Å². The lowest BCUT2D eigenvalue weighted by molar-refractivity contribution is 0.0927. The SMILES string of the molecule is CCNC(=NCCNC(=O)c1ccco1)N1CCC(C)C(n2ccnc2)C1.I. The van der Waals surface area contributed by atoms with Crippen molar-refractivity contribution < 1.29 is 9.21 Å². The number of likely N-dealkylation sites (tertiary alicyclic amines) is 1. The van der Waals surface area contributed by atoms with E-state index in [9.17, 15) is 4.79 Å². The Labute approximate surface area is 182 Å². The van der Waals surface area contributed by atoms with Gasteiger partial charge in [0, 0.05) is 38.6 Å². The van der Waals surface area contributed by atoms with E-state index in [1.807, 2.05) is 18.7 Å². The first-order valence-electron chi connectivity index (χ1n) is 9.51. The Bertz CT molecular complexity index is 732. The largest absolute Gasteiger partial charge is 0.459 e. The molecular weight excluding hydrogens is 471 g/mol. The van der Waals surface area contributed by atoms with Gasteiger partial charge < -0.3 is 24.5 Å². The summed E-state index contributed by atoms with van der Waals surface area (Å²) >= 11 is 0. The molecule has 1 aliphatic heterocycles. The Hall–Kier alpha value is -2.04. The Balaban J connectivity index is 0.00000280. The predicted molar refractivity (Wildman–Crippen MR) is 119 cm³/mol. The zero-order valence-electron chi connectivity index (χ0n) is 16.4. The van der Waals surface area contributed by atoms with E-state index in [1.54, 1.807) is 12.1 Å². The standard InChI is InChI=1S/C19H28N6O2.HI/c1-3-21-19(23-8-7-22-18(26)17-5-4-12-27-17)24-10-6-15(2)16(13-24)25-11-9-20-14-25;/h4-5,9,11-12,14-16H,3,6-8,10,13H2,1-2H3,(H,21,23)(H,22,26);1H. The number of rotatable bonds is 6. The van der Waals surface area contributed by atoms with Gasteiger partial charge in [-0.3, -0.25) is 9.79 Å². The first kappa shape index (κ1) is 22.3. The molecule has 154 valence electrons. The molecule has 28 heavy (non-hydrogen) atoms. The van der Waals surface area contributed by atoms with E-state index in [4.69, 9.17) is 9.41 Å². The highest BCUT2D eigenvalue weighted by Gasteiger charge is 2.28. The van der Waals surface area contributed by atoms with Crippen LogP contribution in [-0.4, -0.2) is 59.0 Å². The minimum Gasteiger partial charge on any atom is -0.459 e. The van der Waals surface area contributed by atoms with E-state index >= 15 is 0 Å². The lowest BCUT2D eigenvalue weighted by atomic mass is 9.93. The number of furan rings is 1. The first-order valence-corrected chi connectivity index (χ1v) is 9.51. The highest BCUT2D eigenvalue weighted by atomic mass is 127. The molecule has 1 amide bonds. The summed E-state index contributed by atoms with van der Waals surface area (Å²) in [7, 11) is 0. The van der Waals surface area contributed by atoms with Crippen LogP contribution < -0.4 is 10.6 Å². The number of nitrogens with one attached hydrogen (secondary N) is 2. The van der Waals surface area contributed by atoms with E-state index in [0.717, 1.165) is 32.0 Å². The second-order valence-corrected chi connectivity index (χ2v) is 6.76. The monoisotopic (exact) mass is 500 g/mol. The summed E-state index contributed by atoms with van der Waals surface area (Å²) in [5.74, 6) is 1.58. The lowest BCUT2D eigenvalue weighted by Crippen LogP contribution is -2.49. The molecule has 9 heteroatoms. The minimum atomic E-state index is -0.216. The highest BCUT2D eigenvalue weighted by molar-refractivity contribution is 14.0. The van der Waals surface area contributed by atoms with Crippen LogP contribution in [0.5, 0.6) is 0 Å². The van der Waals surface area contributed by atoms with Crippen LogP contribution in [0.15, 0.2) is 46.5 Å². The molecule has 2 atom stereocenters. The normalized spacial score (nSPS) is 19.8. The van der Waals surface area contributed by atoms with E-state index in [1.165, 1.54) is 6.26 Å². The van der Waals surface area contributed by atoms with Crippen molar-refractivity contribution in [1.82, 2.24) is 25.1 Å². The maximum atomic E-state index is 11.9. The van der Waals surface area contributed by atoms with Gasteiger partial charge >= 0.3 is 0 Å². The minimum absolute atomic E-state index is 0. The van der Waals surface area contributed by atoms with Crippen molar-refractivity contribution >= 4 is 35.8 Å². The van der Waals surface area contributed by atoms with Crippen LogP contribution in [-0.2, 0) is 0 Å². The Morgan fingerprint density at radius 2 is 2.29 bits per heavy atom. The number of nitrogens with zero attached hydrogens (tertiary/aromatic N) is 4. The summed E-state index contributed by atoms with van der Waals surface area (Å²) in [5.41, 5.74) is 0. The Morgan fingerprint density at radius 1 is 1.43 bits per heavy atom. The van der Waals surface area contributed by atoms with E-state index in [0.29, 0.717) is 30.8 Å². The Morgan fingerprint density at radius 3 is 2.96 bits per heavy atom. The summed E-state index contributed by atoms with van der Waals surface area (Å²) in [6.45, 7) is 7.99. The van der Waals surface area contributed by atoms with Gasteiger partial charge in [0.2, 0.25) is 0 Å². The van der Waals surface area contributed by atoms with Crippen LogP contribution in [0, 0.1) is 5.92 Å². The van der Waals surface area contributed by atoms with Gasteiger partial charge in [-0.1, -0.05) is 6.92 Å². The molecule has 1 saturated heterocycles. The summed E-state index contributed by atoms with van der Waals surface area (Å²) in [5, 5.41) is 6.19. The number of amides is 1. The number of carbonyl (C=O) groups is 1. The molecule has 8 nitrogen and oxygen atoms in total. The second kappa shape index (κ2) is 11.1. The van der Waals surface area contributed by atoms with Crippen LogP contribution in [0.3, 0.4) is 0 Å². The van der Waals surface area contributed by atoms with Crippen molar-refractivity contribution in [2.75, 3.05) is 32.7 Å². The smallest absolute Gasteiger partial charge is 0.287 e. The quantitative estimate of drug-likeness (QED) is 0.275. The molecule has 0 spiro atoms. The topological polar surface area (TPSA) is 87.7 Å². The van der Waals surface area contributed by atoms with E-state index in [2.05, 4.69) is 38.9 Å². The van der Waals surface area contributed by atoms with Crippen LogP contribution in [0.2, 0.25) is 0 Å². The van der Waals surface area contributed by atoms with Crippen LogP contribution in [0.4, 0.5) is 0 Å². The molecule has 1 fully saturated rings. The third-order valence-electron chi connectivity index (χ3n) is 4.86. The average molecular weight is 500 g/mol. The van der Waals surface area contributed by atoms with Gasteiger partial charge in [0.05, 0.1) is 25.2 Å². The van der Waals surface area contributed by atoms with Gasteiger partial charge in [-0.05, 0) is 31.4 Å². The molecule has 2 unspecified atom stereocenters. The number of hydrogen-bond acceptors (Lipinski definition) is 4. The fourth-order valence-electron chi connectivity index (χ4n) is 3.35. The maximum Gasteiger partial charge on any atom is 0.287 e. The molecule has 0 aromatic carbocycles. The average Bonchev–Trinajstić information content (AvgIpc) is 3.38. The molecule has 0 bridgehead atoms. The van der Waals surface area contributed by atoms with E-state index < -0.39 is 0 Å².